The largest absolute Gasteiger partial charge is 0.486 e. The topological polar surface area (TPSA) is 45.5 Å². The monoisotopic (exact) mass is 256 g/mol. The zero-order valence-electron chi connectivity index (χ0n) is 10.8. The van der Waals surface area contributed by atoms with Gasteiger partial charge in [-0.3, -0.25) is 4.90 Å². The Balaban J connectivity index is 1.86. The molecule has 0 saturated carbocycles. The van der Waals surface area contributed by atoms with E-state index in [1.54, 1.807) is 0 Å². The Bertz CT molecular complexity index is 546. The van der Waals surface area contributed by atoms with Crippen LogP contribution in [0.1, 0.15) is 12.0 Å². The fraction of sp³-hybridized carbons (Fsp3) is 0.400. The maximum absolute atomic E-state index is 8.71. The van der Waals surface area contributed by atoms with E-state index >= 15 is 0 Å². The third-order valence-electron chi connectivity index (χ3n) is 3.50. The molecular formula is C15H16N2O2. The minimum atomic E-state index is 0.496. The minimum Gasteiger partial charge on any atom is -0.486 e. The van der Waals surface area contributed by atoms with Gasteiger partial charge >= 0.3 is 0 Å². The van der Waals surface area contributed by atoms with Crippen molar-refractivity contribution in [3.8, 4) is 17.6 Å². The second-order valence-electron chi connectivity index (χ2n) is 4.70. The van der Waals surface area contributed by atoms with Gasteiger partial charge in [0.15, 0.2) is 11.5 Å². The minimum absolute atomic E-state index is 0.496. The summed E-state index contributed by atoms with van der Waals surface area (Å²) in [5.41, 5.74) is 2.42. The maximum atomic E-state index is 8.71. The van der Waals surface area contributed by atoms with Crippen LogP contribution in [-0.2, 0) is 0 Å². The van der Waals surface area contributed by atoms with Crippen LogP contribution in [0.4, 0.5) is 0 Å². The molecule has 0 N–H and O–H groups in total. The summed E-state index contributed by atoms with van der Waals surface area (Å²) in [6.45, 7) is 3.47. The van der Waals surface area contributed by atoms with E-state index in [0.29, 0.717) is 19.8 Å². The van der Waals surface area contributed by atoms with Crippen molar-refractivity contribution >= 4 is 5.57 Å². The lowest BCUT2D eigenvalue weighted by Gasteiger charge is -2.26. The molecule has 1 aromatic rings. The summed E-state index contributed by atoms with van der Waals surface area (Å²) in [5.74, 6) is 1.71. The van der Waals surface area contributed by atoms with Crippen LogP contribution in [0, 0.1) is 11.3 Å². The highest BCUT2D eigenvalue weighted by molar-refractivity contribution is 5.74. The number of para-hydroxylation sites is 1. The molecule has 2 aliphatic heterocycles. The van der Waals surface area contributed by atoms with E-state index in [4.69, 9.17) is 14.7 Å². The first-order valence-corrected chi connectivity index (χ1v) is 6.56. The molecule has 0 atom stereocenters. The number of hydrogen-bond acceptors (Lipinski definition) is 4. The molecule has 98 valence electrons. The second kappa shape index (κ2) is 5.33. The van der Waals surface area contributed by atoms with Crippen LogP contribution in [0.3, 0.4) is 0 Å². The summed E-state index contributed by atoms with van der Waals surface area (Å²) in [4.78, 5) is 2.14. The fourth-order valence-corrected chi connectivity index (χ4v) is 2.53. The summed E-state index contributed by atoms with van der Waals surface area (Å²) in [6.07, 6.45) is 3.13. The van der Waals surface area contributed by atoms with Gasteiger partial charge in [-0.05, 0) is 18.1 Å². The van der Waals surface area contributed by atoms with Gasteiger partial charge in [-0.1, -0.05) is 18.2 Å². The Labute approximate surface area is 112 Å². The first-order valence-electron chi connectivity index (χ1n) is 6.56. The lowest BCUT2D eigenvalue weighted by Crippen LogP contribution is -2.29. The van der Waals surface area contributed by atoms with Crippen molar-refractivity contribution in [1.82, 2.24) is 4.90 Å². The smallest absolute Gasteiger partial charge is 0.168 e. The zero-order valence-corrected chi connectivity index (χ0v) is 10.8. The van der Waals surface area contributed by atoms with E-state index < -0.39 is 0 Å². The molecule has 0 radical (unpaired) electrons. The Morgan fingerprint density at radius 2 is 2.16 bits per heavy atom. The normalized spacial score (nSPS) is 18.6. The number of ether oxygens (including phenoxy) is 2. The van der Waals surface area contributed by atoms with Gasteiger partial charge in [0.2, 0.25) is 0 Å². The highest BCUT2D eigenvalue weighted by atomic mass is 16.6. The number of fused-ring (bicyclic) bond motifs is 1. The molecule has 4 nitrogen and oxygen atoms in total. The molecule has 1 aromatic carbocycles. The molecule has 2 aliphatic rings. The average molecular weight is 256 g/mol. The molecule has 0 aromatic heterocycles. The molecular weight excluding hydrogens is 240 g/mol. The molecule has 0 bridgehead atoms. The van der Waals surface area contributed by atoms with Gasteiger partial charge in [0.05, 0.1) is 12.6 Å². The quantitative estimate of drug-likeness (QED) is 0.760. The van der Waals surface area contributed by atoms with Crippen molar-refractivity contribution in [1.29, 1.82) is 5.26 Å². The van der Waals surface area contributed by atoms with Crippen LogP contribution in [0.25, 0.3) is 5.57 Å². The van der Waals surface area contributed by atoms with Gasteiger partial charge < -0.3 is 9.47 Å². The van der Waals surface area contributed by atoms with Gasteiger partial charge in [0.25, 0.3) is 0 Å². The second-order valence-corrected chi connectivity index (χ2v) is 4.70. The lowest BCUT2D eigenvalue weighted by atomic mass is 9.98. The molecule has 0 saturated heterocycles. The molecule has 0 amide bonds. The van der Waals surface area contributed by atoms with E-state index in [0.717, 1.165) is 36.6 Å². The zero-order chi connectivity index (χ0) is 13.1. The third-order valence-corrected chi connectivity index (χ3v) is 3.50. The van der Waals surface area contributed by atoms with Crippen molar-refractivity contribution in [3.63, 3.8) is 0 Å². The van der Waals surface area contributed by atoms with E-state index in [1.807, 2.05) is 12.1 Å². The maximum Gasteiger partial charge on any atom is 0.168 e. The van der Waals surface area contributed by atoms with Crippen LogP contribution in [-0.4, -0.2) is 37.7 Å². The first-order chi connectivity index (χ1) is 9.38. The van der Waals surface area contributed by atoms with Gasteiger partial charge in [0, 0.05) is 18.7 Å². The van der Waals surface area contributed by atoms with Crippen LogP contribution in [0.2, 0.25) is 0 Å². The van der Waals surface area contributed by atoms with Crippen molar-refractivity contribution in [3.05, 3.63) is 29.8 Å². The van der Waals surface area contributed by atoms with Gasteiger partial charge in [-0.15, -0.1) is 0 Å². The van der Waals surface area contributed by atoms with Gasteiger partial charge in [-0.2, -0.15) is 5.26 Å². The van der Waals surface area contributed by atoms with E-state index in [9.17, 15) is 0 Å². The SMILES string of the molecule is N#CCN1CC=C(c2cccc3c2OCCO3)CC1. The summed E-state index contributed by atoms with van der Waals surface area (Å²) in [6, 6.07) is 8.23. The van der Waals surface area contributed by atoms with Gasteiger partial charge in [0.1, 0.15) is 13.2 Å². The van der Waals surface area contributed by atoms with Crippen LogP contribution < -0.4 is 9.47 Å². The predicted molar refractivity (Wildman–Crippen MR) is 72.1 cm³/mol. The van der Waals surface area contributed by atoms with Crippen molar-refractivity contribution in [2.45, 2.75) is 6.42 Å². The number of hydrogen-bond donors (Lipinski definition) is 0. The van der Waals surface area contributed by atoms with Crippen molar-refractivity contribution < 1.29 is 9.47 Å². The van der Waals surface area contributed by atoms with Crippen LogP contribution >= 0.6 is 0 Å². The fourth-order valence-electron chi connectivity index (χ4n) is 2.53. The van der Waals surface area contributed by atoms with Crippen LogP contribution in [0.5, 0.6) is 11.5 Å². The molecule has 3 rings (SSSR count). The van der Waals surface area contributed by atoms with Crippen LogP contribution in [0.15, 0.2) is 24.3 Å². The summed E-state index contributed by atoms with van der Waals surface area (Å²) >= 11 is 0. The van der Waals surface area contributed by atoms with Crippen molar-refractivity contribution in [2.75, 3.05) is 32.8 Å². The number of rotatable bonds is 2. The molecule has 0 fully saturated rings. The Morgan fingerprint density at radius 1 is 1.26 bits per heavy atom. The highest BCUT2D eigenvalue weighted by Crippen LogP contribution is 2.39. The number of nitrogens with zero attached hydrogens (tertiary/aromatic N) is 2. The molecule has 0 aliphatic carbocycles. The highest BCUT2D eigenvalue weighted by Gasteiger charge is 2.20. The van der Waals surface area contributed by atoms with Gasteiger partial charge in [-0.25, -0.2) is 0 Å². The van der Waals surface area contributed by atoms with E-state index in [1.165, 1.54) is 5.57 Å². The summed E-state index contributed by atoms with van der Waals surface area (Å²) in [7, 11) is 0. The first kappa shape index (κ1) is 12.1. The number of benzene rings is 1. The van der Waals surface area contributed by atoms with E-state index in [-0.39, 0.29) is 0 Å². The molecule has 0 spiro atoms. The number of nitriles is 1. The molecule has 0 unspecified atom stereocenters. The molecule has 2 heterocycles. The average Bonchev–Trinajstić information content (AvgIpc) is 2.48. The Morgan fingerprint density at radius 3 is 2.95 bits per heavy atom. The van der Waals surface area contributed by atoms with Crippen molar-refractivity contribution in [2.24, 2.45) is 0 Å². The molecule has 19 heavy (non-hydrogen) atoms. The predicted octanol–water partition coefficient (Wildman–Crippen LogP) is 2.07. The third kappa shape index (κ3) is 2.42. The summed E-state index contributed by atoms with van der Waals surface area (Å²) in [5, 5.41) is 8.71. The standard InChI is InChI=1S/C15H16N2O2/c16-6-9-17-7-4-12(5-8-17)13-2-1-3-14-15(13)19-11-10-18-14/h1-4H,5,7-11H2. The lowest BCUT2D eigenvalue weighted by molar-refractivity contribution is 0.171. The summed E-state index contributed by atoms with van der Waals surface area (Å²) < 4.78 is 11.4. The Kier molecular flexibility index (Phi) is 3.39. The van der Waals surface area contributed by atoms with E-state index in [2.05, 4.69) is 23.1 Å². The Hall–Kier alpha value is -1.99. The molecule has 4 heteroatoms.